The second kappa shape index (κ2) is 8.55. The Morgan fingerprint density at radius 3 is 2.67 bits per heavy atom. The molecular weight excluding hydrogens is 256 g/mol. The molecule has 1 saturated heterocycles. The van der Waals surface area contributed by atoms with Gasteiger partial charge in [-0.25, -0.2) is 0 Å². The molecule has 1 aromatic carbocycles. The molecule has 0 bridgehead atoms. The van der Waals surface area contributed by atoms with Gasteiger partial charge in [-0.1, -0.05) is 43.2 Å². The first-order valence-electron chi connectivity index (χ1n) is 8.74. The van der Waals surface area contributed by atoms with Crippen LogP contribution in [0.4, 0.5) is 0 Å². The fraction of sp³-hybridized carbons (Fsp3) is 0.684. The number of hydrogen-bond donors (Lipinski definition) is 1. The summed E-state index contributed by atoms with van der Waals surface area (Å²) in [6.45, 7) is 10.5. The maximum absolute atomic E-state index is 3.73. The van der Waals surface area contributed by atoms with Crippen molar-refractivity contribution in [3.05, 3.63) is 35.4 Å². The molecule has 0 amide bonds. The van der Waals surface area contributed by atoms with Crippen molar-refractivity contribution in [2.24, 2.45) is 0 Å². The van der Waals surface area contributed by atoms with Crippen LogP contribution in [0.3, 0.4) is 0 Å². The first-order valence-corrected chi connectivity index (χ1v) is 8.74. The number of nitrogens with one attached hydrogen (secondary N) is 1. The fourth-order valence-corrected chi connectivity index (χ4v) is 3.34. The molecule has 0 radical (unpaired) electrons. The van der Waals surface area contributed by atoms with Crippen molar-refractivity contribution in [2.75, 3.05) is 19.6 Å². The Morgan fingerprint density at radius 1 is 1.24 bits per heavy atom. The molecule has 1 aromatic rings. The molecule has 2 atom stereocenters. The van der Waals surface area contributed by atoms with Crippen LogP contribution in [-0.2, 0) is 0 Å². The number of rotatable bonds is 7. The van der Waals surface area contributed by atoms with Crippen LogP contribution in [0.2, 0.25) is 0 Å². The minimum atomic E-state index is 0.504. The van der Waals surface area contributed by atoms with E-state index in [1.807, 2.05) is 0 Å². The molecule has 2 rings (SSSR count). The topological polar surface area (TPSA) is 15.3 Å². The predicted octanol–water partition coefficient (Wildman–Crippen LogP) is 4.30. The zero-order valence-corrected chi connectivity index (χ0v) is 14.1. The van der Waals surface area contributed by atoms with Crippen molar-refractivity contribution in [1.82, 2.24) is 10.2 Å². The molecule has 0 aliphatic carbocycles. The third-order valence-electron chi connectivity index (χ3n) is 4.84. The normalized spacial score (nSPS) is 21.4. The van der Waals surface area contributed by atoms with Gasteiger partial charge in [-0.05, 0) is 64.7 Å². The third-order valence-corrected chi connectivity index (χ3v) is 4.84. The van der Waals surface area contributed by atoms with Crippen molar-refractivity contribution >= 4 is 0 Å². The van der Waals surface area contributed by atoms with E-state index in [4.69, 9.17) is 0 Å². The molecule has 2 unspecified atom stereocenters. The molecule has 1 N–H and O–H groups in total. The van der Waals surface area contributed by atoms with Crippen molar-refractivity contribution in [1.29, 1.82) is 0 Å². The molecule has 0 spiro atoms. The average molecular weight is 288 g/mol. The van der Waals surface area contributed by atoms with E-state index >= 15 is 0 Å². The van der Waals surface area contributed by atoms with Gasteiger partial charge in [0.2, 0.25) is 0 Å². The lowest BCUT2D eigenvalue weighted by Crippen LogP contribution is -2.39. The van der Waals surface area contributed by atoms with Crippen LogP contribution in [0.1, 0.15) is 63.1 Å². The van der Waals surface area contributed by atoms with E-state index in [1.54, 1.807) is 0 Å². The molecule has 2 heteroatoms. The van der Waals surface area contributed by atoms with E-state index in [1.165, 1.54) is 49.9 Å². The largest absolute Gasteiger partial charge is 0.310 e. The Kier molecular flexibility index (Phi) is 6.72. The zero-order chi connectivity index (χ0) is 15.1. The summed E-state index contributed by atoms with van der Waals surface area (Å²) in [6.07, 6.45) is 6.60. The van der Waals surface area contributed by atoms with Crippen LogP contribution in [-0.4, -0.2) is 30.6 Å². The Bertz CT molecular complexity index is 399. The molecule has 0 saturated carbocycles. The molecule has 1 heterocycles. The zero-order valence-electron chi connectivity index (χ0n) is 14.1. The van der Waals surface area contributed by atoms with Gasteiger partial charge in [0.1, 0.15) is 0 Å². The highest BCUT2D eigenvalue weighted by atomic mass is 15.2. The quantitative estimate of drug-likeness (QED) is 0.753. The van der Waals surface area contributed by atoms with Crippen LogP contribution in [0, 0.1) is 6.92 Å². The predicted molar refractivity (Wildman–Crippen MR) is 91.7 cm³/mol. The highest BCUT2D eigenvalue weighted by Gasteiger charge is 2.17. The summed E-state index contributed by atoms with van der Waals surface area (Å²) in [5.74, 6) is 0. The number of aryl methyl sites for hydroxylation is 1. The van der Waals surface area contributed by atoms with E-state index in [2.05, 4.69) is 55.3 Å². The van der Waals surface area contributed by atoms with Gasteiger partial charge in [-0.15, -0.1) is 0 Å². The van der Waals surface area contributed by atoms with Gasteiger partial charge in [0.15, 0.2) is 0 Å². The minimum Gasteiger partial charge on any atom is -0.310 e. The number of hydrogen-bond acceptors (Lipinski definition) is 2. The fourth-order valence-electron chi connectivity index (χ4n) is 3.34. The molecule has 21 heavy (non-hydrogen) atoms. The highest BCUT2D eigenvalue weighted by Crippen LogP contribution is 2.18. The van der Waals surface area contributed by atoms with Gasteiger partial charge in [0.05, 0.1) is 0 Å². The maximum Gasteiger partial charge on any atom is 0.0317 e. The van der Waals surface area contributed by atoms with Gasteiger partial charge < -0.3 is 10.2 Å². The molecule has 118 valence electrons. The summed E-state index contributed by atoms with van der Waals surface area (Å²) in [7, 11) is 0. The minimum absolute atomic E-state index is 0.504. The van der Waals surface area contributed by atoms with Crippen LogP contribution >= 0.6 is 0 Å². The Labute approximate surface area is 130 Å². The summed E-state index contributed by atoms with van der Waals surface area (Å²) in [6, 6.07) is 10.3. The molecular formula is C19H32N2. The van der Waals surface area contributed by atoms with Gasteiger partial charge in [-0.3, -0.25) is 0 Å². The van der Waals surface area contributed by atoms with Crippen molar-refractivity contribution in [3.8, 4) is 0 Å². The summed E-state index contributed by atoms with van der Waals surface area (Å²) in [4.78, 5) is 2.66. The molecule has 2 nitrogen and oxygen atoms in total. The molecule has 1 aliphatic heterocycles. The van der Waals surface area contributed by atoms with Crippen LogP contribution in [0.25, 0.3) is 0 Å². The summed E-state index contributed by atoms with van der Waals surface area (Å²) >= 11 is 0. The standard InChI is InChI=1S/C19H32N2/c1-4-19(18-11-9-16(2)10-12-18)20-13-7-15-21-14-6-5-8-17(21)3/h9-12,17,19-20H,4-8,13-15H2,1-3H3. The van der Waals surface area contributed by atoms with E-state index in [0.717, 1.165) is 19.0 Å². The first kappa shape index (κ1) is 16.5. The number of piperidine rings is 1. The van der Waals surface area contributed by atoms with Gasteiger partial charge >= 0.3 is 0 Å². The van der Waals surface area contributed by atoms with E-state index in [9.17, 15) is 0 Å². The Balaban J connectivity index is 1.72. The van der Waals surface area contributed by atoms with Crippen molar-refractivity contribution in [2.45, 2.75) is 65.0 Å². The Hall–Kier alpha value is -0.860. The maximum atomic E-state index is 3.73. The van der Waals surface area contributed by atoms with E-state index < -0.39 is 0 Å². The van der Waals surface area contributed by atoms with Crippen molar-refractivity contribution in [3.63, 3.8) is 0 Å². The van der Waals surface area contributed by atoms with Gasteiger partial charge in [0.25, 0.3) is 0 Å². The molecule has 1 fully saturated rings. The smallest absolute Gasteiger partial charge is 0.0317 e. The third kappa shape index (κ3) is 5.12. The molecule has 0 aromatic heterocycles. The number of nitrogens with zero attached hydrogens (tertiary/aromatic N) is 1. The van der Waals surface area contributed by atoms with Gasteiger partial charge in [-0.2, -0.15) is 0 Å². The summed E-state index contributed by atoms with van der Waals surface area (Å²) < 4.78 is 0. The van der Waals surface area contributed by atoms with Crippen molar-refractivity contribution < 1.29 is 0 Å². The monoisotopic (exact) mass is 288 g/mol. The lowest BCUT2D eigenvalue weighted by molar-refractivity contribution is 0.158. The second-order valence-corrected chi connectivity index (χ2v) is 6.56. The van der Waals surface area contributed by atoms with Crippen LogP contribution < -0.4 is 5.32 Å². The van der Waals surface area contributed by atoms with E-state index in [0.29, 0.717) is 6.04 Å². The molecule has 1 aliphatic rings. The van der Waals surface area contributed by atoms with Crippen LogP contribution in [0.5, 0.6) is 0 Å². The van der Waals surface area contributed by atoms with Gasteiger partial charge in [0, 0.05) is 12.1 Å². The SMILES string of the molecule is CCC(NCCCN1CCCCC1C)c1ccc(C)cc1. The summed E-state index contributed by atoms with van der Waals surface area (Å²) in [5, 5.41) is 3.73. The van der Waals surface area contributed by atoms with Crippen LogP contribution in [0.15, 0.2) is 24.3 Å². The second-order valence-electron chi connectivity index (χ2n) is 6.56. The number of benzene rings is 1. The Morgan fingerprint density at radius 2 is 2.00 bits per heavy atom. The summed E-state index contributed by atoms with van der Waals surface area (Å²) in [5.41, 5.74) is 2.77. The highest BCUT2D eigenvalue weighted by molar-refractivity contribution is 5.24. The number of likely N-dealkylation sites (tertiary alicyclic amines) is 1. The average Bonchev–Trinajstić information content (AvgIpc) is 2.50. The lowest BCUT2D eigenvalue weighted by atomic mass is 10.0. The van der Waals surface area contributed by atoms with E-state index in [-0.39, 0.29) is 0 Å². The lowest BCUT2D eigenvalue weighted by Gasteiger charge is -2.33. The first-order chi connectivity index (χ1) is 10.2.